The van der Waals surface area contributed by atoms with Crippen molar-refractivity contribution in [2.75, 3.05) is 0 Å². The van der Waals surface area contributed by atoms with Crippen molar-refractivity contribution in [2.24, 2.45) is 0 Å². The van der Waals surface area contributed by atoms with Gasteiger partial charge in [0.2, 0.25) is 0 Å². The monoisotopic (exact) mass is 646 g/mol. The molecule has 0 bridgehead atoms. The zero-order chi connectivity index (χ0) is 34.5. The van der Waals surface area contributed by atoms with Gasteiger partial charge in [0.1, 0.15) is 0 Å². The summed E-state index contributed by atoms with van der Waals surface area (Å²) in [5, 5.41) is 36.9. The lowest BCUT2D eigenvalue weighted by molar-refractivity contribution is 1.18. The van der Waals surface area contributed by atoms with Crippen molar-refractivity contribution < 1.29 is 0 Å². The molecule has 0 atom stereocenters. The Morgan fingerprint density at radius 1 is 0.373 bits per heavy atom. The van der Waals surface area contributed by atoms with Crippen molar-refractivity contribution in [1.29, 1.82) is 15.8 Å². The molecule has 0 aliphatic heterocycles. The fourth-order valence-corrected chi connectivity index (χ4v) is 7.71. The first kappa shape index (κ1) is 29.7. The number of hydrogen-bond donors (Lipinski definition) is 0. The Morgan fingerprint density at radius 3 is 1.59 bits per heavy atom. The summed E-state index contributed by atoms with van der Waals surface area (Å²) in [7, 11) is 0. The quantitative estimate of drug-likeness (QED) is 0.179. The molecule has 0 radical (unpaired) electrons. The van der Waals surface area contributed by atoms with Crippen LogP contribution in [0.15, 0.2) is 158 Å². The van der Waals surface area contributed by atoms with Crippen LogP contribution in [0.5, 0.6) is 0 Å². The van der Waals surface area contributed by atoms with Crippen LogP contribution in [0.3, 0.4) is 0 Å². The van der Waals surface area contributed by atoms with E-state index < -0.39 is 0 Å². The maximum Gasteiger partial charge on any atom is 0.0998 e. The summed E-state index contributed by atoms with van der Waals surface area (Å²) in [6.07, 6.45) is 0. The number of aromatic nitrogens is 1. The molecule has 9 rings (SSSR count). The second-order valence-corrected chi connectivity index (χ2v) is 12.6. The van der Waals surface area contributed by atoms with E-state index in [2.05, 4.69) is 108 Å². The van der Waals surface area contributed by atoms with Crippen molar-refractivity contribution in [3.63, 3.8) is 0 Å². The maximum atomic E-state index is 10.7. The van der Waals surface area contributed by atoms with E-state index in [0.717, 1.165) is 76.9 Å². The first-order valence-electron chi connectivity index (χ1n) is 16.7. The summed E-state index contributed by atoms with van der Waals surface area (Å²) in [5.74, 6) is 0. The second-order valence-electron chi connectivity index (χ2n) is 12.6. The number of para-hydroxylation sites is 1. The standard InChI is InChI=1S/C47H26N4/c48-27-30-18-21-41(47-39-15-6-4-13-37(39)46(32-10-2-1-3-11-32)38-14-5-7-16-40(38)47)42(24-30)35-22-20-34(26-33(35)29-50)51-44-17-9-8-12-36(44)43-25-31(28-49)19-23-45(43)51/h1-26H. The number of nitriles is 3. The summed E-state index contributed by atoms with van der Waals surface area (Å²) in [5.41, 5.74) is 10.3. The van der Waals surface area contributed by atoms with E-state index in [1.807, 2.05) is 72.8 Å². The van der Waals surface area contributed by atoms with Gasteiger partial charge in [-0.1, -0.05) is 109 Å². The van der Waals surface area contributed by atoms with E-state index in [0.29, 0.717) is 16.7 Å². The highest BCUT2D eigenvalue weighted by atomic mass is 15.0. The average molecular weight is 647 g/mol. The van der Waals surface area contributed by atoms with Crippen molar-refractivity contribution >= 4 is 43.4 Å². The number of fused-ring (bicyclic) bond motifs is 5. The van der Waals surface area contributed by atoms with Crippen LogP contribution in [0, 0.1) is 34.0 Å². The van der Waals surface area contributed by atoms with E-state index in [1.54, 1.807) is 0 Å². The maximum absolute atomic E-state index is 10.7. The topological polar surface area (TPSA) is 76.3 Å². The Labute approximate surface area is 294 Å². The molecule has 1 heterocycles. The molecule has 51 heavy (non-hydrogen) atoms. The highest BCUT2D eigenvalue weighted by molar-refractivity contribution is 6.22. The summed E-state index contributed by atoms with van der Waals surface area (Å²) < 4.78 is 2.15. The predicted octanol–water partition coefficient (Wildman–Crippen LogP) is 11.7. The molecular weight excluding hydrogens is 621 g/mol. The normalized spacial score (nSPS) is 11.1. The predicted molar refractivity (Wildman–Crippen MR) is 206 cm³/mol. The van der Waals surface area contributed by atoms with Crippen LogP contribution in [0.2, 0.25) is 0 Å². The minimum absolute atomic E-state index is 0.498. The van der Waals surface area contributed by atoms with Gasteiger partial charge < -0.3 is 4.57 Å². The second kappa shape index (κ2) is 11.9. The molecule has 0 spiro atoms. The fraction of sp³-hybridized carbons (Fsp3) is 0. The van der Waals surface area contributed by atoms with Crippen LogP contribution in [0.4, 0.5) is 0 Å². The van der Waals surface area contributed by atoms with Crippen molar-refractivity contribution in [3.8, 4) is 57.3 Å². The van der Waals surface area contributed by atoms with Gasteiger partial charge in [-0.15, -0.1) is 0 Å². The summed E-state index contributed by atoms with van der Waals surface area (Å²) >= 11 is 0. The average Bonchev–Trinajstić information content (AvgIpc) is 3.53. The Bertz CT molecular complexity index is 2940. The highest BCUT2D eigenvalue weighted by Crippen LogP contribution is 2.47. The minimum Gasteiger partial charge on any atom is -0.309 e. The highest BCUT2D eigenvalue weighted by Gasteiger charge is 2.21. The molecule has 0 fully saturated rings. The largest absolute Gasteiger partial charge is 0.309 e. The van der Waals surface area contributed by atoms with Gasteiger partial charge in [0, 0.05) is 22.0 Å². The number of benzene rings is 8. The van der Waals surface area contributed by atoms with Crippen LogP contribution in [0.25, 0.3) is 82.4 Å². The first-order chi connectivity index (χ1) is 25.2. The number of rotatable bonds is 4. The van der Waals surface area contributed by atoms with E-state index in [1.165, 1.54) is 5.56 Å². The van der Waals surface area contributed by atoms with Gasteiger partial charge in [-0.3, -0.25) is 0 Å². The van der Waals surface area contributed by atoms with Crippen LogP contribution in [-0.4, -0.2) is 4.57 Å². The molecule has 0 N–H and O–H groups in total. The third-order valence-electron chi connectivity index (χ3n) is 9.89. The molecule has 0 saturated heterocycles. The molecule has 9 aromatic rings. The Morgan fingerprint density at radius 2 is 0.922 bits per heavy atom. The fourth-order valence-electron chi connectivity index (χ4n) is 7.71. The molecule has 234 valence electrons. The van der Waals surface area contributed by atoms with Crippen molar-refractivity contribution in [1.82, 2.24) is 4.57 Å². The third kappa shape index (κ3) is 4.66. The molecule has 0 aliphatic rings. The summed E-state index contributed by atoms with van der Waals surface area (Å²) in [4.78, 5) is 0. The Kier molecular flexibility index (Phi) is 6.93. The van der Waals surface area contributed by atoms with Gasteiger partial charge in [-0.2, -0.15) is 15.8 Å². The molecule has 0 amide bonds. The smallest absolute Gasteiger partial charge is 0.0998 e. The van der Waals surface area contributed by atoms with Gasteiger partial charge in [0.05, 0.1) is 45.9 Å². The molecule has 8 aromatic carbocycles. The van der Waals surface area contributed by atoms with Crippen LogP contribution in [-0.2, 0) is 0 Å². The lowest BCUT2D eigenvalue weighted by Gasteiger charge is -2.20. The molecule has 4 nitrogen and oxygen atoms in total. The molecule has 0 saturated carbocycles. The van der Waals surface area contributed by atoms with Crippen molar-refractivity contribution in [2.45, 2.75) is 0 Å². The molecule has 0 aliphatic carbocycles. The van der Waals surface area contributed by atoms with E-state index >= 15 is 0 Å². The van der Waals surface area contributed by atoms with Gasteiger partial charge in [0.15, 0.2) is 0 Å². The zero-order valence-electron chi connectivity index (χ0n) is 27.3. The summed E-state index contributed by atoms with van der Waals surface area (Å²) in [6, 6.07) is 60.2. The lowest BCUT2D eigenvalue weighted by Crippen LogP contribution is -1.98. The SMILES string of the molecule is N#Cc1ccc(-c2c3ccccc3c(-c3ccccc3)c3ccccc23)c(-c2ccc(-n3c4ccccc4c4cc(C#N)ccc43)cc2C#N)c1. The van der Waals surface area contributed by atoms with Crippen molar-refractivity contribution in [3.05, 3.63) is 174 Å². The van der Waals surface area contributed by atoms with E-state index in [9.17, 15) is 15.8 Å². The van der Waals surface area contributed by atoms with Gasteiger partial charge in [-0.25, -0.2) is 0 Å². The molecular formula is C47H26N4. The molecule has 0 unspecified atom stereocenters. The van der Waals surface area contributed by atoms with Crippen LogP contribution < -0.4 is 0 Å². The van der Waals surface area contributed by atoms with Crippen LogP contribution in [0.1, 0.15) is 16.7 Å². The van der Waals surface area contributed by atoms with Crippen LogP contribution >= 0.6 is 0 Å². The Balaban J connectivity index is 1.32. The summed E-state index contributed by atoms with van der Waals surface area (Å²) in [6.45, 7) is 0. The third-order valence-corrected chi connectivity index (χ3v) is 9.89. The van der Waals surface area contributed by atoms with Gasteiger partial charge in [0.25, 0.3) is 0 Å². The lowest BCUT2D eigenvalue weighted by atomic mass is 9.83. The van der Waals surface area contributed by atoms with Gasteiger partial charge >= 0.3 is 0 Å². The minimum atomic E-state index is 0.498. The molecule has 4 heteroatoms. The molecule has 1 aromatic heterocycles. The number of hydrogen-bond acceptors (Lipinski definition) is 3. The van der Waals surface area contributed by atoms with E-state index in [-0.39, 0.29) is 0 Å². The van der Waals surface area contributed by atoms with E-state index in [4.69, 9.17) is 0 Å². The zero-order valence-corrected chi connectivity index (χ0v) is 27.3. The first-order valence-corrected chi connectivity index (χ1v) is 16.7. The number of nitrogens with zero attached hydrogens (tertiary/aromatic N) is 4. The van der Waals surface area contributed by atoms with Gasteiger partial charge in [-0.05, 0) is 97.9 Å². The Hall–Kier alpha value is -7.45.